The van der Waals surface area contributed by atoms with E-state index in [1.807, 2.05) is 4.90 Å². The lowest BCUT2D eigenvalue weighted by molar-refractivity contribution is -0.119. The molecule has 0 bridgehead atoms. The summed E-state index contributed by atoms with van der Waals surface area (Å²) in [5.41, 5.74) is 10.4. The molecule has 0 aliphatic heterocycles. The van der Waals surface area contributed by atoms with Crippen LogP contribution in [0.5, 0.6) is 0 Å². The van der Waals surface area contributed by atoms with Gasteiger partial charge in [-0.25, -0.2) is 0 Å². The number of primary amides is 1. The summed E-state index contributed by atoms with van der Waals surface area (Å²) in [6.07, 6.45) is 1.96. The molecular weight excluding hydrogens is 154 g/mol. The van der Waals surface area contributed by atoms with E-state index >= 15 is 0 Å². The number of nitrogens with two attached hydrogens (primary N) is 2. The fourth-order valence-corrected chi connectivity index (χ4v) is 1.12. The first-order valence-electron chi connectivity index (χ1n) is 4.41. The van der Waals surface area contributed by atoms with Crippen LogP contribution in [0.4, 0.5) is 0 Å². The van der Waals surface area contributed by atoms with E-state index in [1.54, 1.807) is 0 Å². The molecule has 0 aromatic heterocycles. The Kier molecular flexibility index (Phi) is 6.70. The van der Waals surface area contributed by atoms with Gasteiger partial charge in [-0.05, 0) is 32.5 Å². The van der Waals surface area contributed by atoms with Crippen molar-refractivity contribution in [2.75, 3.05) is 26.2 Å². The molecule has 12 heavy (non-hydrogen) atoms. The lowest BCUT2D eigenvalue weighted by atomic mass is 10.3. The minimum Gasteiger partial charge on any atom is -0.369 e. The van der Waals surface area contributed by atoms with E-state index in [2.05, 4.69) is 6.92 Å². The fourth-order valence-electron chi connectivity index (χ4n) is 1.12. The Morgan fingerprint density at radius 3 is 2.50 bits per heavy atom. The van der Waals surface area contributed by atoms with Crippen LogP contribution in [0, 0.1) is 0 Å². The largest absolute Gasteiger partial charge is 0.369 e. The predicted octanol–water partition coefficient (Wildman–Crippen LogP) is -0.467. The molecule has 0 fully saturated rings. The molecule has 0 rings (SSSR count). The molecule has 4 nitrogen and oxygen atoms in total. The van der Waals surface area contributed by atoms with E-state index < -0.39 is 0 Å². The zero-order valence-corrected chi connectivity index (χ0v) is 7.75. The van der Waals surface area contributed by atoms with Crippen LogP contribution in [0.1, 0.15) is 19.8 Å². The second kappa shape index (κ2) is 7.06. The maximum absolute atomic E-state index is 10.6. The van der Waals surface area contributed by atoms with Gasteiger partial charge in [0, 0.05) is 0 Å². The molecule has 4 heteroatoms. The average Bonchev–Trinajstić information content (AvgIpc) is 2.00. The Balaban J connectivity index is 3.61. The van der Waals surface area contributed by atoms with E-state index in [1.165, 1.54) is 0 Å². The summed E-state index contributed by atoms with van der Waals surface area (Å²) in [5, 5.41) is 0. The van der Waals surface area contributed by atoms with Crippen LogP contribution in [0.3, 0.4) is 0 Å². The van der Waals surface area contributed by atoms with Gasteiger partial charge in [0.15, 0.2) is 0 Å². The Morgan fingerprint density at radius 2 is 2.08 bits per heavy atom. The van der Waals surface area contributed by atoms with E-state index in [4.69, 9.17) is 11.5 Å². The molecule has 0 atom stereocenters. The molecule has 72 valence electrons. The van der Waals surface area contributed by atoms with Gasteiger partial charge < -0.3 is 11.5 Å². The van der Waals surface area contributed by atoms with Crippen molar-refractivity contribution in [1.82, 2.24) is 4.90 Å². The van der Waals surface area contributed by atoms with Crippen molar-refractivity contribution in [3.8, 4) is 0 Å². The SMILES string of the molecule is CCCN(CCCN)CC(N)=O. The minimum absolute atomic E-state index is 0.263. The lowest BCUT2D eigenvalue weighted by Gasteiger charge is -2.18. The minimum atomic E-state index is -0.263. The van der Waals surface area contributed by atoms with E-state index in [9.17, 15) is 4.79 Å². The summed E-state index contributed by atoms with van der Waals surface area (Å²) in [5.74, 6) is -0.263. The standard InChI is InChI=1S/C8H19N3O/c1-2-5-11(6-3-4-9)7-8(10)12/h2-7,9H2,1H3,(H2,10,12). The number of hydrogen-bond donors (Lipinski definition) is 2. The number of carbonyl (C=O) groups is 1. The van der Waals surface area contributed by atoms with Gasteiger partial charge in [-0.2, -0.15) is 0 Å². The highest BCUT2D eigenvalue weighted by Gasteiger charge is 2.05. The number of amides is 1. The van der Waals surface area contributed by atoms with Gasteiger partial charge >= 0.3 is 0 Å². The molecule has 0 unspecified atom stereocenters. The highest BCUT2D eigenvalue weighted by Crippen LogP contribution is 1.92. The third-order valence-electron chi connectivity index (χ3n) is 1.60. The van der Waals surface area contributed by atoms with Crippen LogP contribution < -0.4 is 11.5 Å². The molecule has 4 N–H and O–H groups in total. The van der Waals surface area contributed by atoms with Crippen molar-refractivity contribution < 1.29 is 4.79 Å². The van der Waals surface area contributed by atoms with Gasteiger partial charge in [0.05, 0.1) is 6.54 Å². The smallest absolute Gasteiger partial charge is 0.231 e. The third kappa shape index (κ3) is 6.12. The predicted molar refractivity (Wildman–Crippen MR) is 49.6 cm³/mol. The second-order valence-electron chi connectivity index (χ2n) is 2.88. The fraction of sp³-hybridized carbons (Fsp3) is 0.875. The van der Waals surface area contributed by atoms with Crippen molar-refractivity contribution in [3.63, 3.8) is 0 Å². The summed E-state index contributed by atoms with van der Waals surface area (Å²) < 4.78 is 0. The zero-order chi connectivity index (χ0) is 9.40. The number of nitrogens with zero attached hydrogens (tertiary/aromatic N) is 1. The number of rotatable bonds is 7. The lowest BCUT2D eigenvalue weighted by Crippen LogP contribution is -2.35. The van der Waals surface area contributed by atoms with Crippen molar-refractivity contribution in [3.05, 3.63) is 0 Å². The van der Waals surface area contributed by atoms with Crippen LogP contribution in [0.15, 0.2) is 0 Å². The molecule has 0 saturated carbocycles. The molecule has 0 aromatic rings. The summed E-state index contributed by atoms with van der Waals surface area (Å²) in [7, 11) is 0. The molecule has 0 radical (unpaired) electrons. The molecule has 0 heterocycles. The molecule has 1 amide bonds. The molecular formula is C8H19N3O. The monoisotopic (exact) mass is 173 g/mol. The quantitative estimate of drug-likeness (QED) is 0.547. The maximum atomic E-state index is 10.6. The van der Waals surface area contributed by atoms with Gasteiger partial charge in [0.1, 0.15) is 0 Å². The summed E-state index contributed by atoms with van der Waals surface area (Å²) in [6, 6.07) is 0. The number of hydrogen-bond acceptors (Lipinski definition) is 3. The van der Waals surface area contributed by atoms with E-state index in [0.717, 1.165) is 25.9 Å². The summed E-state index contributed by atoms with van der Waals surface area (Å²) in [6.45, 7) is 4.89. The Hall–Kier alpha value is -0.610. The van der Waals surface area contributed by atoms with Crippen LogP contribution in [-0.2, 0) is 4.79 Å². The maximum Gasteiger partial charge on any atom is 0.231 e. The van der Waals surface area contributed by atoms with Crippen LogP contribution >= 0.6 is 0 Å². The van der Waals surface area contributed by atoms with Crippen molar-refractivity contribution in [2.24, 2.45) is 11.5 Å². The molecule has 0 saturated heterocycles. The van der Waals surface area contributed by atoms with Crippen LogP contribution in [0.25, 0.3) is 0 Å². The Labute approximate surface area is 73.9 Å². The highest BCUT2D eigenvalue weighted by molar-refractivity contribution is 5.75. The van der Waals surface area contributed by atoms with E-state index in [-0.39, 0.29) is 5.91 Å². The van der Waals surface area contributed by atoms with Gasteiger partial charge in [-0.15, -0.1) is 0 Å². The van der Waals surface area contributed by atoms with Crippen LogP contribution in [-0.4, -0.2) is 37.0 Å². The van der Waals surface area contributed by atoms with Gasteiger partial charge in [0.2, 0.25) is 5.91 Å². The topological polar surface area (TPSA) is 72.3 Å². The third-order valence-corrected chi connectivity index (χ3v) is 1.60. The van der Waals surface area contributed by atoms with Crippen LogP contribution in [0.2, 0.25) is 0 Å². The molecule has 0 aliphatic rings. The summed E-state index contributed by atoms with van der Waals surface area (Å²) >= 11 is 0. The van der Waals surface area contributed by atoms with Gasteiger partial charge in [0.25, 0.3) is 0 Å². The average molecular weight is 173 g/mol. The highest BCUT2D eigenvalue weighted by atomic mass is 16.1. The second-order valence-corrected chi connectivity index (χ2v) is 2.88. The summed E-state index contributed by atoms with van der Waals surface area (Å²) in [4.78, 5) is 12.6. The zero-order valence-electron chi connectivity index (χ0n) is 7.75. The van der Waals surface area contributed by atoms with Crippen molar-refractivity contribution >= 4 is 5.91 Å². The molecule has 0 spiro atoms. The van der Waals surface area contributed by atoms with Crippen molar-refractivity contribution in [2.45, 2.75) is 19.8 Å². The van der Waals surface area contributed by atoms with E-state index in [0.29, 0.717) is 13.1 Å². The first kappa shape index (κ1) is 11.4. The van der Waals surface area contributed by atoms with Gasteiger partial charge in [-0.3, -0.25) is 9.69 Å². The Bertz CT molecular complexity index is 127. The molecule has 0 aromatic carbocycles. The normalized spacial score (nSPS) is 10.6. The molecule has 0 aliphatic carbocycles. The number of carbonyl (C=O) groups excluding carboxylic acids is 1. The van der Waals surface area contributed by atoms with Crippen molar-refractivity contribution in [1.29, 1.82) is 0 Å². The first-order chi connectivity index (χ1) is 5.70. The van der Waals surface area contributed by atoms with Gasteiger partial charge in [-0.1, -0.05) is 6.92 Å². The first-order valence-corrected chi connectivity index (χ1v) is 4.41. The Morgan fingerprint density at radius 1 is 1.42 bits per heavy atom.